The van der Waals surface area contributed by atoms with Gasteiger partial charge in [-0.1, -0.05) is 74.5 Å². The van der Waals surface area contributed by atoms with E-state index in [4.69, 9.17) is 4.74 Å². The van der Waals surface area contributed by atoms with E-state index in [1.54, 1.807) is 0 Å². The lowest BCUT2D eigenvalue weighted by atomic mass is 10.0. The molecular weight excluding hydrogens is 514 g/mol. The molecule has 0 saturated heterocycles. The molecule has 0 radical (unpaired) electrons. The van der Waals surface area contributed by atoms with E-state index < -0.39 is 42.0 Å². The van der Waals surface area contributed by atoms with Crippen LogP contribution >= 0.6 is 0 Å². The Bertz CT molecular complexity index is 1230. The van der Waals surface area contributed by atoms with Crippen molar-refractivity contribution in [2.45, 2.75) is 57.8 Å². The van der Waals surface area contributed by atoms with Gasteiger partial charge in [0.2, 0.25) is 11.8 Å². The molecule has 0 saturated carbocycles. The van der Waals surface area contributed by atoms with Crippen molar-refractivity contribution in [3.63, 3.8) is 0 Å². The molecule has 3 atom stereocenters. The standard InChI is InChI=1S/C29H35N5O6/c1-19(2)13-25(28(37)38)33-27(36)24(15-22-16-30-18-31-22)32-26(35)23(14-20-9-5-3-6-10-20)34-29(39)40-17-21-11-7-4-8-12-21/h3-12,16,18-19,23-25H,13-15,17H2,1-2H3,(H,30,31)(H,32,35)(H,33,36)(H,34,39)(H,37,38). The molecule has 3 rings (SSSR count). The third kappa shape index (κ3) is 9.90. The first-order valence-electron chi connectivity index (χ1n) is 13.0. The molecule has 0 aliphatic carbocycles. The molecule has 3 amide bonds. The van der Waals surface area contributed by atoms with E-state index in [9.17, 15) is 24.3 Å². The zero-order valence-electron chi connectivity index (χ0n) is 22.5. The second-order valence-corrected chi connectivity index (χ2v) is 9.82. The summed E-state index contributed by atoms with van der Waals surface area (Å²) in [5.41, 5.74) is 2.13. The van der Waals surface area contributed by atoms with Crippen LogP contribution in [0, 0.1) is 5.92 Å². The Hall–Kier alpha value is -4.67. The van der Waals surface area contributed by atoms with Crippen molar-refractivity contribution in [3.8, 4) is 0 Å². The molecule has 0 aliphatic rings. The number of alkyl carbamates (subject to hydrolysis) is 1. The first kappa shape index (κ1) is 29.9. The molecule has 2 aromatic carbocycles. The van der Waals surface area contributed by atoms with Gasteiger partial charge >= 0.3 is 12.1 Å². The second kappa shape index (κ2) is 15.1. The molecule has 3 aromatic rings. The summed E-state index contributed by atoms with van der Waals surface area (Å²) in [6.45, 7) is 3.72. The van der Waals surface area contributed by atoms with Crippen LogP contribution in [-0.2, 0) is 38.6 Å². The first-order valence-corrected chi connectivity index (χ1v) is 13.0. The average Bonchev–Trinajstić information content (AvgIpc) is 3.45. The van der Waals surface area contributed by atoms with Crippen LogP contribution in [0.25, 0.3) is 0 Å². The molecule has 40 heavy (non-hydrogen) atoms. The fourth-order valence-corrected chi connectivity index (χ4v) is 4.03. The number of aromatic amines is 1. The van der Waals surface area contributed by atoms with Gasteiger partial charge in [-0.2, -0.15) is 0 Å². The van der Waals surface area contributed by atoms with Crippen LogP contribution in [0.5, 0.6) is 0 Å². The number of carbonyl (C=O) groups excluding carboxylic acids is 3. The van der Waals surface area contributed by atoms with Gasteiger partial charge in [-0.05, 0) is 23.5 Å². The number of nitrogens with zero attached hydrogens (tertiary/aromatic N) is 1. The number of rotatable bonds is 14. The highest BCUT2D eigenvalue weighted by molar-refractivity contribution is 5.93. The normalized spacial score (nSPS) is 13.1. The van der Waals surface area contributed by atoms with E-state index in [0.29, 0.717) is 5.69 Å². The maximum atomic E-state index is 13.5. The molecule has 11 heteroatoms. The quantitative estimate of drug-likeness (QED) is 0.206. The highest BCUT2D eigenvalue weighted by atomic mass is 16.5. The van der Waals surface area contributed by atoms with Gasteiger partial charge < -0.3 is 30.8 Å². The predicted octanol–water partition coefficient (Wildman–Crippen LogP) is 2.59. The van der Waals surface area contributed by atoms with Crippen molar-refractivity contribution >= 4 is 23.9 Å². The summed E-state index contributed by atoms with van der Waals surface area (Å²) in [6, 6.07) is 14.9. The summed E-state index contributed by atoms with van der Waals surface area (Å²) in [5.74, 6) is -2.45. The number of aromatic nitrogens is 2. The zero-order valence-corrected chi connectivity index (χ0v) is 22.5. The summed E-state index contributed by atoms with van der Waals surface area (Å²) in [7, 11) is 0. The number of carboxylic acid groups (broad SMARTS) is 1. The van der Waals surface area contributed by atoms with Gasteiger partial charge in [0.25, 0.3) is 0 Å². The van der Waals surface area contributed by atoms with Crippen LogP contribution < -0.4 is 16.0 Å². The first-order chi connectivity index (χ1) is 19.2. The third-order valence-corrected chi connectivity index (χ3v) is 6.04. The number of carboxylic acids is 1. The van der Waals surface area contributed by atoms with Gasteiger partial charge in [0, 0.05) is 24.7 Å². The van der Waals surface area contributed by atoms with Gasteiger partial charge in [0.1, 0.15) is 24.7 Å². The number of hydrogen-bond acceptors (Lipinski definition) is 6. The minimum absolute atomic E-state index is 0.0170. The lowest BCUT2D eigenvalue weighted by Gasteiger charge is -2.25. The van der Waals surface area contributed by atoms with Crippen molar-refractivity contribution < 1.29 is 29.0 Å². The van der Waals surface area contributed by atoms with Crippen molar-refractivity contribution in [1.82, 2.24) is 25.9 Å². The third-order valence-electron chi connectivity index (χ3n) is 6.04. The largest absolute Gasteiger partial charge is 0.480 e. The number of benzene rings is 2. The predicted molar refractivity (Wildman–Crippen MR) is 147 cm³/mol. The smallest absolute Gasteiger partial charge is 0.408 e. The Labute approximate surface area is 232 Å². The van der Waals surface area contributed by atoms with E-state index in [2.05, 4.69) is 25.9 Å². The number of hydrogen-bond donors (Lipinski definition) is 5. The molecule has 0 bridgehead atoms. The molecular formula is C29H35N5O6. The van der Waals surface area contributed by atoms with Crippen molar-refractivity contribution in [1.29, 1.82) is 0 Å². The Morgan fingerprint density at radius 2 is 1.40 bits per heavy atom. The monoisotopic (exact) mass is 549 g/mol. The number of H-pyrrole nitrogens is 1. The Morgan fingerprint density at radius 3 is 1.95 bits per heavy atom. The summed E-state index contributed by atoms with van der Waals surface area (Å²) < 4.78 is 5.31. The highest BCUT2D eigenvalue weighted by Gasteiger charge is 2.30. The number of imidazole rings is 1. The van der Waals surface area contributed by atoms with Crippen LogP contribution in [-0.4, -0.2) is 57.1 Å². The lowest BCUT2D eigenvalue weighted by molar-refractivity contribution is -0.142. The number of amides is 3. The summed E-state index contributed by atoms with van der Waals surface area (Å²) in [5, 5.41) is 17.4. The van der Waals surface area contributed by atoms with Crippen LogP contribution in [0.1, 0.15) is 37.1 Å². The number of carbonyl (C=O) groups is 4. The van der Waals surface area contributed by atoms with Crippen LogP contribution in [0.3, 0.4) is 0 Å². The van der Waals surface area contributed by atoms with Crippen molar-refractivity contribution in [3.05, 3.63) is 90.0 Å². The van der Waals surface area contributed by atoms with Gasteiger partial charge in [-0.3, -0.25) is 9.59 Å². The van der Waals surface area contributed by atoms with E-state index in [1.807, 2.05) is 74.5 Å². The number of nitrogens with one attached hydrogen (secondary N) is 4. The molecule has 212 valence electrons. The molecule has 5 N–H and O–H groups in total. The van der Waals surface area contributed by atoms with Crippen molar-refractivity contribution in [2.75, 3.05) is 0 Å². The van der Waals surface area contributed by atoms with E-state index in [1.165, 1.54) is 12.5 Å². The Kier molecular flexibility index (Phi) is 11.2. The van der Waals surface area contributed by atoms with Crippen molar-refractivity contribution in [2.24, 2.45) is 5.92 Å². The lowest BCUT2D eigenvalue weighted by Crippen LogP contribution is -2.57. The summed E-state index contributed by atoms with van der Waals surface area (Å²) in [4.78, 5) is 58.0. The fraction of sp³-hybridized carbons (Fsp3) is 0.345. The SMILES string of the molecule is CC(C)CC(NC(=O)C(Cc1cnc[nH]1)NC(=O)C(Cc1ccccc1)NC(=O)OCc1ccccc1)C(=O)O. The Balaban J connectivity index is 1.76. The highest BCUT2D eigenvalue weighted by Crippen LogP contribution is 2.09. The summed E-state index contributed by atoms with van der Waals surface area (Å²) >= 11 is 0. The fourth-order valence-electron chi connectivity index (χ4n) is 4.03. The van der Waals surface area contributed by atoms with E-state index >= 15 is 0 Å². The molecule has 1 aromatic heterocycles. The minimum Gasteiger partial charge on any atom is -0.480 e. The minimum atomic E-state index is -1.17. The molecule has 0 fully saturated rings. The molecule has 11 nitrogen and oxygen atoms in total. The second-order valence-electron chi connectivity index (χ2n) is 9.82. The molecule has 3 unspecified atom stereocenters. The van der Waals surface area contributed by atoms with E-state index in [-0.39, 0.29) is 31.8 Å². The van der Waals surface area contributed by atoms with Crippen LogP contribution in [0.4, 0.5) is 4.79 Å². The van der Waals surface area contributed by atoms with Crippen LogP contribution in [0.15, 0.2) is 73.2 Å². The van der Waals surface area contributed by atoms with Gasteiger partial charge in [0.15, 0.2) is 0 Å². The molecule has 0 aliphatic heterocycles. The van der Waals surface area contributed by atoms with Gasteiger partial charge in [-0.25, -0.2) is 14.6 Å². The Morgan fingerprint density at radius 1 is 0.825 bits per heavy atom. The van der Waals surface area contributed by atoms with E-state index in [0.717, 1.165) is 11.1 Å². The topological polar surface area (TPSA) is 163 Å². The van der Waals surface area contributed by atoms with Gasteiger partial charge in [0.05, 0.1) is 6.33 Å². The molecule has 0 spiro atoms. The zero-order chi connectivity index (χ0) is 28.9. The van der Waals surface area contributed by atoms with Gasteiger partial charge in [-0.15, -0.1) is 0 Å². The molecule has 1 heterocycles. The maximum Gasteiger partial charge on any atom is 0.408 e. The van der Waals surface area contributed by atoms with Crippen LogP contribution in [0.2, 0.25) is 0 Å². The number of ether oxygens (including phenoxy) is 1. The number of aliphatic carboxylic acids is 1. The maximum absolute atomic E-state index is 13.5. The summed E-state index contributed by atoms with van der Waals surface area (Å²) in [6.07, 6.45) is 2.54. The average molecular weight is 550 g/mol.